The number of carbonyl (C=O) groups is 1. The van der Waals surface area contributed by atoms with Crippen molar-refractivity contribution in [2.75, 3.05) is 6.61 Å². The molecule has 0 bridgehead atoms. The molecule has 1 unspecified atom stereocenters. The summed E-state index contributed by atoms with van der Waals surface area (Å²) in [5.74, 6) is -0.608. The van der Waals surface area contributed by atoms with Crippen LogP contribution >= 0.6 is 11.8 Å². The maximum atomic E-state index is 13.5. The molecule has 1 rings (SSSR count). The Morgan fingerprint density at radius 3 is 2.81 bits per heavy atom. The van der Waals surface area contributed by atoms with Crippen LogP contribution in [0.25, 0.3) is 0 Å². The number of rotatable bonds is 5. The first-order chi connectivity index (χ1) is 7.54. The van der Waals surface area contributed by atoms with E-state index in [0.717, 1.165) is 6.07 Å². The number of amides is 1. The van der Waals surface area contributed by atoms with Gasteiger partial charge in [-0.2, -0.15) is 11.8 Å². The van der Waals surface area contributed by atoms with Gasteiger partial charge in [-0.15, -0.1) is 0 Å². The van der Waals surface area contributed by atoms with Crippen LogP contribution in [0.4, 0.5) is 4.39 Å². The van der Waals surface area contributed by atoms with Crippen molar-refractivity contribution in [2.45, 2.75) is 17.9 Å². The topological polar surface area (TPSA) is 63.3 Å². The van der Waals surface area contributed by atoms with Gasteiger partial charge in [0, 0.05) is 16.6 Å². The summed E-state index contributed by atoms with van der Waals surface area (Å²) < 4.78 is 13.5. The first-order valence-electron chi connectivity index (χ1n) is 4.85. The van der Waals surface area contributed by atoms with Crippen molar-refractivity contribution in [1.29, 1.82) is 0 Å². The molecule has 0 aromatic heterocycles. The number of aliphatic hydroxyl groups is 1. The molecule has 1 amide bonds. The van der Waals surface area contributed by atoms with Gasteiger partial charge in [0.05, 0.1) is 6.61 Å². The highest BCUT2D eigenvalue weighted by Gasteiger charge is 2.08. The van der Waals surface area contributed by atoms with Crippen molar-refractivity contribution in [1.82, 2.24) is 0 Å². The van der Waals surface area contributed by atoms with Crippen LogP contribution in [0.5, 0.6) is 0 Å². The number of primary amides is 1. The van der Waals surface area contributed by atoms with Gasteiger partial charge in [0.25, 0.3) is 0 Å². The summed E-state index contributed by atoms with van der Waals surface area (Å²) in [5, 5.41) is 8.89. The molecular formula is C11H14FNO2S. The molecule has 88 valence electrons. The summed E-state index contributed by atoms with van der Waals surface area (Å²) in [6.45, 7) is 1.92. The lowest BCUT2D eigenvalue weighted by Gasteiger charge is -2.08. The average Bonchev–Trinajstić information content (AvgIpc) is 2.26. The highest BCUT2D eigenvalue weighted by molar-refractivity contribution is 7.99. The second-order valence-corrected chi connectivity index (χ2v) is 4.90. The molecule has 0 saturated carbocycles. The maximum Gasteiger partial charge on any atom is 0.248 e. The van der Waals surface area contributed by atoms with Crippen LogP contribution in [-0.2, 0) is 5.75 Å². The van der Waals surface area contributed by atoms with Crippen LogP contribution in [0, 0.1) is 5.82 Å². The smallest absolute Gasteiger partial charge is 0.248 e. The fourth-order valence-corrected chi connectivity index (χ4v) is 1.91. The standard InChI is InChI=1S/C11H14FNO2S/c1-7(5-14)16-6-9-3-2-8(11(13)15)4-10(9)12/h2-4,7,14H,5-6H2,1H3,(H2,13,15). The Hall–Kier alpha value is -1.07. The van der Waals surface area contributed by atoms with E-state index in [2.05, 4.69) is 0 Å². The summed E-state index contributed by atoms with van der Waals surface area (Å²) in [6, 6.07) is 4.19. The van der Waals surface area contributed by atoms with Crippen LogP contribution in [0.2, 0.25) is 0 Å². The molecule has 3 nitrogen and oxygen atoms in total. The fourth-order valence-electron chi connectivity index (χ4n) is 1.10. The largest absolute Gasteiger partial charge is 0.395 e. The predicted molar refractivity (Wildman–Crippen MR) is 62.8 cm³/mol. The Morgan fingerprint density at radius 2 is 2.31 bits per heavy atom. The third-order valence-corrected chi connectivity index (χ3v) is 3.31. The van der Waals surface area contributed by atoms with Gasteiger partial charge in [-0.3, -0.25) is 4.79 Å². The number of hydrogen-bond acceptors (Lipinski definition) is 3. The Kier molecular flexibility index (Phi) is 4.76. The molecule has 1 aromatic rings. The summed E-state index contributed by atoms with van der Waals surface area (Å²) in [5.41, 5.74) is 5.71. The number of benzene rings is 1. The van der Waals surface area contributed by atoms with E-state index in [1.807, 2.05) is 6.92 Å². The van der Waals surface area contributed by atoms with E-state index >= 15 is 0 Å². The maximum absolute atomic E-state index is 13.5. The van der Waals surface area contributed by atoms with E-state index in [1.54, 1.807) is 6.07 Å². The molecule has 1 aromatic carbocycles. The third kappa shape index (κ3) is 3.50. The van der Waals surface area contributed by atoms with Crippen molar-refractivity contribution in [2.24, 2.45) is 5.73 Å². The number of hydrogen-bond donors (Lipinski definition) is 2. The second-order valence-electron chi connectivity index (χ2n) is 3.47. The zero-order valence-electron chi connectivity index (χ0n) is 8.94. The molecule has 0 fully saturated rings. The predicted octanol–water partition coefficient (Wildman–Crippen LogP) is 1.54. The molecular weight excluding hydrogens is 229 g/mol. The van der Waals surface area contributed by atoms with Crippen LogP contribution in [-0.4, -0.2) is 22.9 Å². The van der Waals surface area contributed by atoms with E-state index < -0.39 is 11.7 Å². The van der Waals surface area contributed by atoms with Gasteiger partial charge < -0.3 is 10.8 Å². The number of halogens is 1. The van der Waals surface area contributed by atoms with E-state index in [9.17, 15) is 9.18 Å². The molecule has 0 aliphatic rings. The Labute approximate surface area is 97.8 Å². The Morgan fingerprint density at radius 1 is 1.62 bits per heavy atom. The zero-order valence-corrected chi connectivity index (χ0v) is 9.76. The third-order valence-electron chi connectivity index (χ3n) is 2.12. The highest BCUT2D eigenvalue weighted by Crippen LogP contribution is 2.20. The zero-order chi connectivity index (χ0) is 12.1. The van der Waals surface area contributed by atoms with Crippen molar-refractivity contribution in [3.63, 3.8) is 0 Å². The average molecular weight is 243 g/mol. The molecule has 16 heavy (non-hydrogen) atoms. The van der Waals surface area contributed by atoms with Crippen LogP contribution < -0.4 is 5.73 Å². The SMILES string of the molecule is CC(CO)SCc1ccc(C(N)=O)cc1F. The number of carbonyl (C=O) groups excluding carboxylic acids is 1. The molecule has 0 radical (unpaired) electrons. The summed E-state index contributed by atoms with van der Waals surface area (Å²) >= 11 is 1.45. The lowest BCUT2D eigenvalue weighted by atomic mass is 10.1. The van der Waals surface area contributed by atoms with Gasteiger partial charge in [0.2, 0.25) is 5.91 Å². The van der Waals surface area contributed by atoms with Gasteiger partial charge in [-0.25, -0.2) is 4.39 Å². The number of nitrogens with two attached hydrogens (primary N) is 1. The number of aliphatic hydroxyl groups excluding tert-OH is 1. The molecule has 0 spiro atoms. The van der Waals surface area contributed by atoms with E-state index in [-0.39, 0.29) is 17.4 Å². The lowest BCUT2D eigenvalue weighted by molar-refractivity contribution is 0.1000. The molecule has 0 aliphatic carbocycles. The lowest BCUT2D eigenvalue weighted by Crippen LogP contribution is -2.11. The van der Waals surface area contributed by atoms with Crippen molar-refractivity contribution < 1.29 is 14.3 Å². The normalized spacial score (nSPS) is 12.4. The van der Waals surface area contributed by atoms with E-state index in [4.69, 9.17) is 10.8 Å². The van der Waals surface area contributed by atoms with Crippen LogP contribution in [0.3, 0.4) is 0 Å². The quantitative estimate of drug-likeness (QED) is 0.824. The van der Waals surface area contributed by atoms with Gasteiger partial charge in [0.15, 0.2) is 0 Å². The van der Waals surface area contributed by atoms with Crippen LogP contribution in [0.1, 0.15) is 22.8 Å². The van der Waals surface area contributed by atoms with E-state index in [0.29, 0.717) is 11.3 Å². The summed E-state index contributed by atoms with van der Waals surface area (Å²) in [7, 11) is 0. The molecule has 3 N–H and O–H groups in total. The van der Waals surface area contributed by atoms with Gasteiger partial charge in [-0.1, -0.05) is 13.0 Å². The van der Waals surface area contributed by atoms with Crippen molar-refractivity contribution >= 4 is 17.7 Å². The van der Waals surface area contributed by atoms with Crippen molar-refractivity contribution in [3.05, 3.63) is 35.1 Å². The van der Waals surface area contributed by atoms with Crippen molar-refractivity contribution in [3.8, 4) is 0 Å². The number of thioether (sulfide) groups is 1. The summed E-state index contributed by atoms with van der Waals surface area (Å²) in [4.78, 5) is 10.8. The van der Waals surface area contributed by atoms with Gasteiger partial charge >= 0.3 is 0 Å². The second kappa shape index (κ2) is 5.86. The minimum atomic E-state index is -0.637. The molecule has 0 aliphatic heterocycles. The fraction of sp³-hybridized carbons (Fsp3) is 0.364. The molecule has 5 heteroatoms. The minimum Gasteiger partial charge on any atom is -0.395 e. The molecule has 0 heterocycles. The first kappa shape index (κ1) is 13.0. The monoisotopic (exact) mass is 243 g/mol. The summed E-state index contributed by atoms with van der Waals surface area (Å²) in [6.07, 6.45) is 0. The molecule has 1 atom stereocenters. The Bertz CT molecular complexity index is 384. The minimum absolute atomic E-state index is 0.0612. The highest BCUT2D eigenvalue weighted by atomic mass is 32.2. The van der Waals surface area contributed by atoms with Gasteiger partial charge in [0.1, 0.15) is 5.82 Å². The van der Waals surface area contributed by atoms with Crippen LogP contribution in [0.15, 0.2) is 18.2 Å². The van der Waals surface area contributed by atoms with E-state index in [1.165, 1.54) is 17.8 Å². The molecule has 0 saturated heterocycles. The van der Waals surface area contributed by atoms with Gasteiger partial charge in [-0.05, 0) is 17.7 Å². The first-order valence-corrected chi connectivity index (χ1v) is 5.90. The Balaban J connectivity index is 2.72.